The van der Waals surface area contributed by atoms with Crippen molar-refractivity contribution in [3.63, 3.8) is 0 Å². The first kappa shape index (κ1) is 13.6. The SMILES string of the molecule is Cc1ccc(N(C)c2cc(CO)nc3ccccc23)cc1. The Balaban J connectivity index is 2.16. The van der Waals surface area contributed by atoms with E-state index in [4.69, 9.17) is 0 Å². The van der Waals surface area contributed by atoms with Gasteiger partial charge in [-0.25, -0.2) is 0 Å². The lowest BCUT2D eigenvalue weighted by atomic mass is 10.1. The summed E-state index contributed by atoms with van der Waals surface area (Å²) < 4.78 is 0. The molecule has 3 aromatic rings. The van der Waals surface area contributed by atoms with Crippen molar-refractivity contribution in [1.82, 2.24) is 4.98 Å². The number of hydrogen-bond acceptors (Lipinski definition) is 3. The highest BCUT2D eigenvalue weighted by atomic mass is 16.3. The highest BCUT2D eigenvalue weighted by molar-refractivity contribution is 5.93. The Kier molecular flexibility index (Phi) is 3.59. The Morgan fingerprint density at radius 3 is 2.48 bits per heavy atom. The second kappa shape index (κ2) is 5.54. The van der Waals surface area contributed by atoms with E-state index in [9.17, 15) is 5.11 Å². The number of nitrogens with zero attached hydrogens (tertiary/aromatic N) is 2. The molecule has 106 valence electrons. The Morgan fingerprint density at radius 1 is 1.05 bits per heavy atom. The van der Waals surface area contributed by atoms with Crippen molar-refractivity contribution in [3.05, 3.63) is 65.9 Å². The molecule has 0 radical (unpaired) electrons. The summed E-state index contributed by atoms with van der Waals surface area (Å²) in [6.45, 7) is 2.02. The molecule has 3 rings (SSSR count). The van der Waals surface area contributed by atoms with Gasteiger partial charge in [0.25, 0.3) is 0 Å². The molecule has 0 aliphatic heterocycles. The highest BCUT2D eigenvalue weighted by Gasteiger charge is 2.10. The van der Waals surface area contributed by atoms with Gasteiger partial charge in [0, 0.05) is 18.1 Å². The number of aromatic nitrogens is 1. The van der Waals surface area contributed by atoms with E-state index in [0.29, 0.717) is 5.69 Å². The predicted octanol–water partition coefficient (Wildman–Crippen LogP) is 3.80. The molecule has 1 aromatic heterocycles. The fourth-order valence-corrected chi connectivity index (χ4v) is 2.48. The molecule has 0 atom stereocenters. The molecule has 0 aliphatic carbocycles. The Morgan fingerprint density at radius 2 is 1.76 bits per heavy atom. The number of aliphatic hydroxyl groups excluding tert-OH is 1. The van der Waals surface area contributed by atoms with Gasteiger partial charge in [-0.3, -0.25) is 4.98 Å². The standard InChI is InChI=1S/C18H18N2O/c1-13-7-9-15(10-8-13)20(2)18-11-14(12-21)19-17-6-4-3-5-16(17)18/h3-11,21H,12H2,1-2H3. The van der Waals surface area contributed by atoms with E-state index in [-0.39, 0.29) is 6.61 Å². The van der Waals surface area contributed by atoms with Crippen LogP contribution in [0.5, 0.6) is 0 Å². The molecule has 0 saturated heterocycles. The fraction of sp³-hybridized carbons (Fsp3) is 0.167. The van der Waals surface area contributed by atoms with E-state index in [1.807, 2.05) is 31.3 Å². The van der Waals surface area contributed by atoms with Gasteiger partial charge in [0.15, 0.2) is 0 Å². The number of hydrogen-bond donors (Lipinski definition) is 1. The van der Waals surface area contributed by atoms with Gasteiger partial charge >= 0.3 is 0 Å². The van der Waals surface area contributed by atoms with Gasteiger partial charge in [-0.2, -0.15) is 0 Å². The number of rotatable bonds is 3. The van der Waals surface area contributed by atoms with Crippen molar-refractivity contribution in [3.8, 4) is 0 Å². The lowest BCUT2D eigenvalue weighted by Crippen LogP contribution is -2.11. The molecule has 0 unspecified atom stereocenters. The molecule has 0 aliphatic rings. The molecule has 21 heavy (non-hydrogen) atoms. The van der Waals surface area contributed by atoms with Crippen LogP contribution in [0.25, 0.3) is 10.9 Å². The third kappa shape index (κ3) is 2.60. The molecule has 0 fully saturated rings. The van der Waals surface area contributed by atoms with Crippen molar-refractivity contribution in [1.29, 1.82) is 0 Å². The van der Waals surface area contributed by atoms with Crippen LogP contribution in [0.3, 0.4) is 0 Å². The molecule has 1 heterocycles. The van der Waals surface area contributed by atoms with E-state index >= 15 is 0 Å². The van der Waals surface area contributed by atoms with Gasteiger partial charge < -0.3 is 10.0 Å². The summed E-state index contributed by atoms with van der Waals surface area (Å²) >= 11 is 0. The predicted molar refractivity (Wildman–Crippen MR) is 86.9 cm³/mol. The van der Waals surface area contributed by atoms with Crippen LogP contribution in [0, 0.1) is 6.92 Å². The first-order chi connectivity index (χ1) is 10.2. The third-order valence-corrected chi connectivity index (χ3v) is 3.69. The summed E-state index contributed by atoms with van der Waals surface area (Å²) in [5, 5.41) is 10.5. The van der Waals surface area contributed by atoms with Crippen LogP contribution in [-0.4, -0.2) is 17.1 Å². The van der Waals surface area contributed by atoms with Crippen molar-refractivity contribution >= 4 is 22.3 Å². The number of aryl methyl sites for hydroxylation is 1. The minimum Gasteiger partial charge on any atom is -0.390 e. The molecule has 0 bridgehead atoms. The van der Waals surface area contributed by atoms with Crippen molar-refractivity contribution in [2.24, 2.45) is 0 Å². The number of anilines is 2. The minimum absolute atomic E-state index is 0.0560. The molecule has 3 heteroatoms. The third-order valence-electron chi connectivity index (χ3n) is 3.69. The molecule has 0 spiro atoms. The smallest absolute Gasteiger partial charge is 0.0854 e. The molecular formula is C18H18N2O. The van der Waals surface area contributed by atoms with Crippen LogP contribution in [0.4, 0.5) is 11.4 Å². The summed E-state index contributed by atoms with van der Waals surface area (Å²) in [6, 6.07) is 18.4. The van der Waals surface area contributed by atoms with Crippen LogP contribution in [0.2, 0.25) is 0 Å². The average molecular weight is 278 g/mol. The lowest BCUT2D eigenvalue weighted by molar-refractivity contribution is 0.277. The van der Waals surface area contributed by atoms with Gasteiger partial charge in [0.1, 0.15) is 0 Å². The number of para-hydroxylation sites is 1. The summed E-state index contributed by atoms with van der Waals surface area (Å²) in [5.74, 6) is 0. The van der Waals surface area contributed by atoms with Crippen molar-refractivity contribution in [2.45, 2.75) is 13.5 Å². The summed E-state index contributed by atoms with van der Waals surface area (Å²) in [7, 11) is 2.04. The average Bonchev–Trinajstić information content (AvgIpc) is 2.53. The molecule has 0 amide bonds. The maximum atomic E-state index is 9.43. The van der Waals surface area contributed by atoms with Gasteiger partial charge in [-0.1, -0.05) is 35.9 Å². The zero-order valence-corrected chi connectivity index (χ0v) is 12.2. The van der Waals surface area contributed by atoms with Crippen molar-refractivity contribution in [2.75, 3.05) is 11.9 Å². The Hall–Kier alpha value is -2.39. The van der Waals surface area contributed by atoms with E-state index in [0.717, 1.165) is 22.3 Å². The fourth-order valence-electron chi connectivity index (χ4n) is 2.48. The Labute approximate surface area is 124 Å². The molecule has 0 saturated carbocycles. The summed E-state index contributed by atoms with van der Waals surface area (Å²) in [6.07, 6.45) is 0. The van der Waals surface area contributed by atoms with Gasteiger partial charge in [0.05, 0.1) is 23.5 Å². The zero-order chi connectivity index (χ0) is 14.8. The normalized spacial score (nSPS) is 10.8. The maximum absolute atomic E-state index is 9.43. The molecule has 1 N–H and O–H groups in total. The largest absolute Gasteiger partial charge is 0.390 e. The van der Waals surface area contributed by atoms with E-state index < -0.39 is 0 Å². The van der Waals surface area contributed by atoms with Gasteiger partial charge in [-0.05, 0) is 31.2 Å². The van der Waals surface area contributed by atoms with Crippen LogP contribution < -0.4 is 4.90 Å². The first-order valence-electron chi connectivity index (χ1n) is 6.99. The number of pyridine rings is 1. The van der Waals surface area contributed by atoms with E-state index in [1.54, 1.807) is 0 Å². The van der Waals surface area contributed by atoms with Gasteiger partial charge in [0.2, 0.25) is 0 Å². The molecule has 2 aromatic carbocycles. The van der Waals surface area contributed by atoms with Crippen LogP contribution >= 0.6 is 0 Å². The highest BCUT2D eigenvalue weighted by Crippen LogP contribution is 2.31. The minimum atomic E-state index is -0.0560. The summed E-state index contributed by atoms with van der Waals surface area (Å²) in [4.78, 5) is 6.60. The quantitative estimate of drug-likeness (QED) is 0.791. The Bertz CT molecular complexity index is 766. The second-order valence-electron chi connectivity index (χ2n) is 5.20. The number of benzene rings is 2. The molecular weight excluding hydrogens is 260 g/mol. The van der Waals surface area contributed by atoms with Crippen LogP contribution in [0.1, 0.15) is 11.3 Å². The maximum Gasteiger partial charge on any atom is 0.0854 e. The second-order valence-corrected chi connectivity index (χ2v) is 5.20. The first-order valence-corrected chi connectivity index (χ1v) is 6.99. The summed E-state index contributed by atoms with van der Waals surface area (Å²) in [5.41, 5.74) is 4.98. The number of aliphatic hydroxyl groups is 1. The zero-order valence-electron chi connectivity index (χ0n) is 12.2. The number of fused-ring (bicyclic) bond motifs is 1. The van der Waals surface area contributed by atoms with Crippen molar-refractivity contribution < 1.29 is 5.11 Å². The lowest BCUT2D eigenvalue weighted by Gasteiger charge is -2.22. The van der Waals surface area contributed by atoms with E-state index in [1.165, 1.54) is 5.56 Å². The van der Waals surface area contributed by atoms with Crippen LogP contribution in [0.15, 0.2) is 54.6 Å². The topological polar surface area (TPSA) is 36.4 Å². The molecule has 3 nitrogen and oxygen atoms in total. The van der Waals surface area contributed by atoms with E-state index in [2.05, 4.69) is 47.1 Å². The van der Waals surface area contributed by atoms with Gasteiger partial charge in [-0.15, -0.1) is 0 Å². The monoisotopic (exact) mass is 278 g/mol. The van der Waals surface area contributed by atoms with Crippen LogP contribution in [-0.2, 0) is 6.61 Å².